The minimum Gasteiger partial charge on any atom is -0.489 e. The van der Waals surface area contributed by atoms with Gasteiger partial charge in [-0.3, -0.25) is 23.2 Å². The van der Waals surface area contributed by atoms with Gasteiger partial charge in [-0.05, 0) is 62.1 Å². The summed E-state index contributed by atoms with van der Waals surface area (Å²) in [6, 6.07) is 8.95. The molecule has 21 heteroatoms. The van der Waals surface area contributed by atoms with Crippen LogP contribution < -0.4 is 24.8 Å². The van der Waals surface area contributed by atoms with Gasteiger partial charge in [0.05, 0.1) is 42.8 Å². The van der Waals surface area contributed by atoms with Gasteiger partial charge in [0.25, 0.3) is 42.2 Å². The lowest BCUT2D eigenvalue weighted by molar-refractivity contribution is 0.0950. The van der Waals surface area contributed by atoms with Crippen molar-refractivity contribution in [1.82, 2.24) is 10.6 Å². The lowest BCUT2D eigenvalue weighted by Gasteiger charge is -2.19. The average molecular weight is 739 g/mol. The van der Waals surface area contributed by atoms with Gasteiger partial charge in [0.1, 0.15) is 0 Å². The number of benzene rings is 2. The maximum Gasteiger partial charge on any atom is 0.264 e. The number of nitrogens with zero attached hydrogens (tertiary/aromatic N) is 2. The van der Waals surface area contributed by atoms with E-state index in [0.717, 1.165) is 0 Å². The van der Waals surface area contributed by atoms with Crippen LogP contribution in [0.5, 0.6) is 17.2 Å². The molecule has 0 heterocycles. The molecule has 2 amide bonds. The molecule has 2 aromatic carbocycles. The highest BCUT2D eigenvalue weighted by molar-refractivity contribution is 7.86. The fourth-order valence-corrected chi connectivity index (χ4v) is 5.27. The molecule has 0 saturated heterocycles. The first-order valence-electron chi connectivity index (χ1n) is 14.4. The van der Waals surface area contributed by atoms with E-state index in [1.165, 1.54) is 19.2 Å². The normalized spacial score (nSPS) is 12.1. The Morgan fingerprint density at radius 1 is 0.646 bits per heavy atom. The van der Waals surface area contributed by atoms with E-state index in [4.69, 9.17) is 27.9 Å². The molecule has 0 unspecified atom stereocenters. The number of nitrogens with one attached hydrogen (secondary N) is 2. The predicted octanol–water partition coefficient (Wildman–Crippen LogP) is 1.92. The molecular formula is C27H38N4O14S3. The van der Waals surface area contributed by atoms with E-state index in [1.54, 1.807) is 24.3 Å². The van der Waals surface area contributed by atoms with Crippen molar-refractivity contribution in [1.29, 1.82) is 0 Å². The number of rotatable bonds is 22. The Hall–Kier alpha value is -3.89. The first-order chi connectivity index (χ1) is 22.5. The first kappa shape index (κ1) is 40.3. The van der Waals surface area contributed by atoms with Gasteiger partial charge < -0.3 is 24.8 Å². The van der Waals surface area contributed by atoms with Crippen LogP contribution in [0.1, 0.15) is 46.4 Å². The quantitative estimate of drug-likeness (QED) is 0.0656. The number of ether oxygens (including phenoxy) is 3. The Balaban J connectivity index is 2.17. The summed E-state index contributed by atoms with van der Waals surface area (Å²) in [4.78, 5) is 25.5. The minimum atomic E-state index is -4.30. The SMILES string of the molecule is CN=Nc1ccc(C(=O)NCCCNC(=O)c2cc(OCCCS(=O)(=O)O)c(OCCCS(=O)(=O)O)c(OCCCS(=O)(=O)O)c2)cc1. The second-order valence-corrected chi connectivity index (χ2v) is 14.7. The maximum absolute atomic E-state index is 13.1. The second kappa shape index (κ2) is 19.2. The summed E-state index contributed by atoms with van der Waals surface area (Å²) in [5, 5.41) is 12.9. The van der Waals surface area contributed by atoms with Crippen molar-refractivity contribution in [2.45, 2.75) is 25.7 Å². The summed E-state index contributed by atoms with van der Waals surface area (Å²) in [5.41, 5.74) is 0.970. The predicted molar refractivity (Wildman–Crippen MR) is 172 cm³/mol. The van der Waals surface area contributed by atoms with E-state index in [0.29, 0.717) is 17.7 Å². The first-order valence-corrected chi connectivity index (χ1v) is 19.2. The molecule has 5 N–H and O–H groups in total. The Bertz CT molecular complexity index is 1670. The zero-order valence-corrected chi connectivity index (χ0v) is 28.4. The van der Waals surface area contributed by atoms with Crippen LogP contribution in [-0.4, -0.2) is 108 Å². The Morgan fingerprint density at radius 2 is 1.06 bits per heavy atom. The molecule has 0 aliphatic heterocycles. The number of hydrogen-bond donors (Lipinski definition) is 5. The van der Waals surface area contributed by atoms with Crippen LogP contribution in [-0.2, 0) is 30.4 Å². The smallest absolute Gasteiger partial charge is 0.264 e. The monoisotopic (exact) mass is 738 g/mol. The molecule has 0 atom stereocenters. The van der Waals surface area contributed by atoms with Crippen molar-refractivity contribution in [2.24, 2.45) is 10.2 Å². The summed E-state index contributed by atoms with van der Waals surface area (Å²) >= 11 is 0. The summed E-state index contributed by atoms with van der Waals surface area (Å²) in [5.74, 6) is -3.27. The number of carbonyl (C=O) groups excluding carboxylic acids is 2. The van der Waals surface area contributed by atoms with E-state index in [-0.39, 0.29) is 80.9 Å². The van der Waals surface area contributed by atoms with Crippen molar-refractivity contribution in [2.75, 3.05) is 57.2 Å². The third-order valence-electron chi connectivity index (χ3n) is 5.95. The van der Waals surface area contributed by atoms with Crippen molar-refractivity contribution in [3.05, 3.63) is 47.5 Å². The number of carbonyl (C=O) groups is 2. The molecular weight excluding hydrogens is 701 g/mol. The maximum atomic E-state index is 13.1. The van der Waals surface area contributed by atoms with E-state index in [2.05, 4.69) is 20.9 Å². The zero-order chi connectivity index (χ0) is 35.8. The van der Waals surface area contributed by atoms with Crippen molar-refractivity contribution in [3.63, 3.8) is 0 Å². The second-order valence-electron chi connectivity index (χ2n) is 9.98. The molecule has 0 radical (unpaired) electrons. The number of amides is 2. The Kier molecular flexibility index (Phi) is 16.1. The van der Waals surface area contributed by atoms with E-state index in [9.17, 15) is 34.8 Å². The third kappa shape index (κ3) is 16.8. The number of hydrogen-bond acceptors (Lipinski definition) is 13. The highest BCUT2D eigenvalue weighted by atomic mass is 32.2. The molecule has 0 aliphatic rings. The molecule has 0 bridgehead atoms. The summed E-state index contributed by atoms with van der Waals surface area (Å²) in [6.45, 7) is -0.499. The van der Waals surface area contributed by atoms with Gasteiger partial charge in [-0.1, -0.05) is 0 Å². The fourth-order valence-electron chi connectivity index (χ4n) is 3.82. The summed E-state index contributed by atoms with van der Waals surface area (Å²) in [7, 11) is -11.4. The van der Waals surface area contributed by atoms with Crippen LogP contribution in [0, 0.1) is 0 Å². The van der Waals surface area contributed by atoms with Crippen LogP contribution in [0.2, 0.25) is 0 Å². The topological polar surface area (TPSA) is 274 Å². The minimum absolute atomic E-state index is 0.0248. The van der Waals surface area contributed by atoms with Crippen molar-refractivity contribution in [3.8, 4) is 17.2 Å². The van der Waals surface area contributed by atoms with Gasteiger partial charge in [-0.15, -0.1) is 0 Å². The van der Waals surface area contributed by atoms with Crippen LogP contribution >= 0.6 is 0 Å². The molecule has 0 aromatic heterocycles. The fraction of sp³-hybridized carbons (Fsp3) is 0.481. The van der Waals surface area contributed by atoms with Crippen LogP contribution in [0.15, 0.2) is 46.6 Å². The molecule has 268 valence electrons. The standard InChI is InChI=1S/C27H38N4O14S3/c1-28-31-22-8-6-20(7-9-22)26(32)29-10-2-11-30-27(33)21-18-23(43-12-3-15-46(34,35)36)25(45-14-5-17-48(40,41)42)24(19-21)44-13-4-16-47(37,38)39/h6-9,18-19H,2-5,10-17H2,1H3,(H,29,32)(H,30,33)(H,34,35,36)(H,37,38,39)(H,40,41,42). The van der Waals surface area contributed by atoms with E-state index in [1.807, 2.05) is 0 Å². The van der Waals surface area contributed by atoms with Gasteiger partial charge in [-0.2, -0.15) is 35.5 Å². The Labute approximate surface area is 278 Å². The largest absolute Gasteiger partial charge is 0.489 e. The molecule has 0 aliphatic carbocycles. The molecule has 0 saturated carbocycles. The lowest BCUT2D eigenvalue weighted by Crippen LogP contribution is -2.30. The highest BCUT2D eigenvalue weighted by Gasteiger charge is 2.20. The summed E-state index contributed by atoms with van der Waals surface area (Å²) in [6.07, 6.45) is -0.158. The molecule has 18 nitrogen and oxygen atoms in total. The Morgan fingerprint density at radius 3 is 1.48 bits per heavy atom. The molecule has 0 spiro atoms. The van der Waals surface area contributed by atoms with Gasteiger partial charge in [0.15, 0.2) is 11.5 Å². The molecule has 2 aromatic rings. The van der Waals surface area contributed by atoms with Gasteiger partial charge in [0.2, 0.25) is 5.75 Å². The van der Waals surface area contributed by atoms with Gasteiger partial charge >= 0.3 is 0 Å². The summed E-state index contributed by atoms with van der Waals surface area (Å²) < 4.78 is 111. The molecule has 2 rings (SSSR count). The lowest BCUT2D eigenvalue weighted by atomic mass is 10.1. The van der Waals surface area contributed by atoms with Crippen molar-refractivity contribution >= 4 is 47.9 Å². The van der Waals surface area contributed by atoms with Crippen LogP contribution in [0.25, 0.3) is 0 Å². The van der Waals surface area contributed by atoms with Crippen molar-refractivity contribution < 1.29 is 62.7 Å². The molecule has 0 fully saturated rings. The van der Waals surface area contributed by atoms with Gasteiger partial charge in [0, 0.05) is 31.3 Å². The average Bonchev–Trinajstić information content (AvgIpc) is 2.99. The van der Waals surface area contributed by atoms with E-state index < -0.39 is 53.5 Å². The zero-order valence-electron chi connectivity index (χ0n) is 25.9. The van der Waals surface area contributed by atoms with Crippen LogP contribution in [0.3, 0.4) is 0 Å². The number of azo groups is 1. The van der Waals surface area contributed by atoms with E-state index >= 15 is 0 Å². The van der Waals surface area contributed by atoms with Crippen LogP contribution in [0.4, 0.5) is 5.69 Å². The molecule has 48 heavy (non-hydrogen) atoms. The third-order valence-corrected chi connectivity index (χ3v) is 8.37. The highest BCUT2D eigenvalue weighted by Crippen LogP contribution is 2.39. The van der Waals surface area contributed by atoms with Gasteiger partial charge in [-0.25, -0.2) is 0 Å².